The SMILES string of the molecule is CC(=O)OCC1OC(Sc2ccc(OC(F)(F)F)cc2)C(OC(C)=O)C(N/C=C(\N)c2cc(F)c(F)c(F)c2)C1OC(C)=O. The van der Waals surface area contributed by atoms with Crippen LogP contribution in [0.5, 0.6) is 5.75 Å². The van der Waals surface area contributed by atoms with Gasteiger partial charge in [-0.25, -0.2) is 13.2 Å². The maximum Gasteiger partial charge on any atom is 0.573 e. The second kappa shape index (κ2) is 14.6. The number of nitrogens with one attached hydrogen (secondary N) is 1. The smallest absolute Gasteiger partial charge is 0.463 e. The van der Waals surface area contributed by atoms with E-state index in [1.807, 2.05) is 0 Å². The molecule has 1 fully saturated rings. The van der Waals surface area contributed by atoms with Crippen LogP contribution in [0.1, 0.15) is 26.3 Å². The Morgan fingerprint density at radius 2 is 1.52 bits per heavy atom. The number of carbonyl (C=O) groups is 3. The number of rotatable bonds is 10. The zero-order valence-electron chi connectivity index (χ0n) is 23.2. The summed E-state index contributed by atoms with van der Waals surface area (Å²) in [5, 5.41) is 2.79. The number of nitrogens with two attached hydrogens (primary N) is 1. The average molecular weight is 653 g/mol. The molecule has 0 bridgehead atoms. The summed E-state index contributed by atoms with van der Waals surface area (Å²) in [4.78, 5) is 36.1. The quantitative estimate of drug-likeness (QED) is 0.166. The third-order valence-electron chi connectivity index (χ3n) is 5.76. The van der Waals surface area contributed by atoms with E-state index >= 15 is 0 Å². The van der Waals surface area contributed by atoms with Gasteiger partial charge in [-0.15, -0.1) is 13.2 Å². The van der Waals surface area contributed by atoms with Gasteiger partial charge in [-0.05, 0) is 36.4 Å². The summed E-state index contributed by atoms with van der Waals surface area (Å²) in [6.07, 6.45) is -7.73. The van der Waals surface area contributed by atoms with Gasteiger partial charge < -0.3 is 34.7 Å². The van der Waals surface area contributed by atoms with Crippen molar-refractivity contribution in [1.29, 1.82) is 0 Å². The number of esters is 3. The molecule has 3 rings (SSSR count). The maximum atomic E-state index is 13.8. The van der Waals surface area contributed by atoms with Gasteiger partial charge in [0.2, 0.25) is 0 Å². The molecule has 1 heterocycles. The second-order valence-electron chi connectivity index (χ2n) is 9.18. The van der Waals surface area contributed by atoms with Crippen LogP contribution in [0.3, 0.4) is 0 Å². The molecule has 3 N–H and O–H groups in total. The topological polar surface area (TPSA) is 135 Å². The first-order chi connectivity index (χ1) is 20.5. The van der Waals surface area contributed by atoms with Crippen LogP contribution < -0.4 is 15.8 Å². The summed E-state index contributed by atoms with van der Waals surface area (Å²) in [6, 6.07) is 4.68. The molecule has 0 spiro atoms. The fourth-order valence-electron chi connectivity index (χ4n) is 4.04. The number of hydrogen-bond acceptors (Lipinski definition) is 11. The predicted molar refractivity (Wildman–Crippen MR) is 141 cm³/mol. The van der Waals surface area contributed by atoms with Crippen molar-refractivity contribution in [3.05, 3.63) is 65.6 Å². The van der Waals surface area contributed by atoms with Gasteiger partial charge in [0, 0.05) is 37.4 Å². The molecule has 44 heavy (non-hydrogen) atoms. The van der Waals surface area contributed by atoms with E-state index < -0.39 is 83.9 Å². The van der Waals surface area contributed by atoms with E-state index in [9.17, 15) is 40.7 Å². The Hall–Kier alpha value is -4.12. The van der Waals surface area contributed by atoms with Crippen LogP contribution in [0, 0.1) is 17.5 Å². The normalized spacial score (nSPS) is 22.1. The third-order valence-corrected chi connectivity index (χ3v) is 6.92. The summed E-state index contributed by atoms with van der Waals surface area (Å²) in [5.41, 5.74) is 4.23. The van der Waals surface area contributed by atoms with E-state index in [1.54, 1.807) is 0 Å². The van der Waals surface area contributed by atoms with Gasteiger partial charge >= 0.3 is 24.3 Å². The van der Waals surface area contributed by atoms with Gasteiger partial charge in [-0.2, -0.15) is 0 Å². The van der Waals surface area contributed by atoms with E-state index in [-0.39, 0.29) is 11.3 Å². The molecule has 1 saturated heterocycles. The molecule has 5 unspecified atom stereocenters. The van der Waals surface area contributed by atoms with Crippen molar-refractivity contribution < 1.29 is 64.4 Å². The highest BCUT2D eigenvalue weighted by Crippen LogP contribution is 2.37. The van der Waals surface area contributed by atoms with Crippen molar-refractivity contribution in [2.45, 2.75) is 61.8 Å². The van der Waals surface area contributed by atoms with E-state index in [4.69, 9.17) is 24.7 Å². The van der Waals surface area contributed by atoms with Gasteiger partial charge in [-0.1, -0.05) is 11.8 Å². The van der Waals surface area contributed by atoms with Crippen LogP contribution in [0.15, 0.2) is 47.5 Å². The van der Waals surface area contributed by atoms with Crippen molar-refractivity contribution in [3.8, 4) is 5.75 Å². The number of halogens is 6. The summed E-state index contributed by atoms with van der Waals surface area (Å²) in [6.45, 7) is 2.80. The monoisotopic (exact) mass is 652 g/mol. The van der Waals surface area contributed by atoms with Crippen molar-refractivity contribution in [2.24, 2.45) is 5.73 Å². The molecule has 0 radical (unpaired) electrons. The zero-order valence-corrected chi connectivity index (χ0v) is 24.0. The lowest BCUT2D eigenvalue weighted by Gasteiger charge is -2.45. The second-order valence-corrected chi connectivity index (χ2v) is 10.3. The largest absolute Gasteiger partial charge is 0.573 e. The molecular weight excluding hydrogens is 626 g/mol. The fraction of sp³-hybridized carbons (Fsp3) is 0.370. The Labute approximate surface area is 250 Å². The van der Waals surface area contributed by atoms with E-state index in [1.165, 1.54) is 12.1 Å². The minimum absolute atomic E-state index is 0.266. The minimum Gasteiger partial charge on any atom is -0.463 e. The average Bonchev–Trinajstić information content (AvgIpc) is 2.91. The molecule has 10 nitrogen and oxygen atoms in total. The van der Waals surface area contributed by atoms with Crippen molar-refractivity contribution >= 4 is 35.4 Å². The first kappa shape index (κ1) is 34.4. The Kier molecular flexibility index (Phi) is 11.4. The number of benzene rings is 2. The van der Waals surface area contributed by atoms with Gasteiger partial charge in [0.25, 0.3) is 0 Å². The number of alkyl halides is 3. The number of ether oxygens (including phenoxy) is 5. The van der Waals surface area contributed by atoms with Crippen LogP contribution in [0.2, 0.25) is 0 Å². The Balaban J connectivity index is 2.02. The molecule has 0 amide bonds. The number of hydrogen-bond donors (Lipinski definition) is 2. The van der Waals surface area contributed by atoms with Crippen LogP contribution >= 0.6 is 11.8 Å². The van der Waals surface area contributed by atoms with Gasteiger partial charge in [0.15, 0.2) is 29.7 Å². The molecule has 2 aromatic rings. The first-order valence-electron chi connectivity index (χ1n) is 12.6. The van der Waals surface area contributed by atoms with E-state index in [0.717, 1.165) is 50.9 Å². The van der Waals surface area contributed by atoms with Crippen LogP contribution in [-0.4, -0.2) is 60.7 Å². The zero-order chi connectivity index (χ0) is 32.8. The molecule has 5 atom stereocenters. The van der Waals surface area contributed by atoms with Crippen LogP contribution in [0.4, 0.5) is 26.3 Å². The molecule has 17 heteroatoms. The van der Waals surface area contributed by atoms with E-state index in [0.29, 0.717) is 17.0 Å². The fourth-order valence-corrected chi connectivity index (χ4v) is 5.16. The highest BCUT2D eigenvalue weighted by molar-refractivity contribution is 7.99. The summed E-state index contributed by atoms with van der Waals surface area (Å²) < 4.78 is 105. The van der Waals surface area contributed by atoms with Gasteiger partial charge in [-0.3, -0.25) is 14.4 Å². The standard InChI is InChI=1S/C27H26F6N2O8S/c1-12(36)39-11-21-24(40-13(2)37)23(35-10-20(34)15-8-18(28)22(30)19(29)9-15)25(41-14(3)38)26(42-21)44-17-6-4-16(5-7-17)43-27(31,32)33/h4-10,21,23-26,35H,11,34H2,1-3H3/b20-10-. The first-order valence-corrected chi connectivity index (χ1v) is 13.4. The molecule has 1 aliphatic rings. The number of thioether (sulfide) groups is 1. The Morgan fingerprint density at radius 3 is 2.05 bits per heavy atom. The van der Waals surface area contributed by atoms with Crippen molar-refractivity contribution in [2.75, 3.05) is 6.61 Å². The number of carbonyl (C=O) groups excluding carboxylic acids is 3. The predicted octanol–water partition coefficient (Wildman–Crippen LogP) is 4.16. The molecular formula is C27H26F6N2O8S. The summed E-state index contributed by atoms with van der Waals surface area (Å²) in [5.74, 6) is -7.58. The Morgan fingerprint density at radius 1 is 0.955 bits per heavy atom. The highest BCUT2D eigenvalue weighted by atomic mass is 32.2. The van der Waals surface area contributed by atoms with Crippen molar-refractivity contribution in [3.63, 3.8) is 0 Å². The molecule has 0 aliphatic carbocycles. The lowest BCUT2D eigenvalue weighted by atomic mass is 9.96. The molecule has 0 saturated carbocycles. The van der Waals surface area contributed by atoms with E-state index in [2.05, 4.69) is 10.1 Å². The highest BCUT2D eigenvalue weighted by Gasteiger charge is 2.50. The maximum absolute atomic E-state index is 13.8. The van der Waals surface area contributed by atoms with Crippen LogP contribution in [-0.2, 0) is 33.3 Å². The molecule has 240 valence electrons. The summed E-state index contributed by atoms with van der Waals surface area (Å²) in [7, 11) is 0. The lowest BCUT2D eigenvalue weighted by Crippen LogP contribution is -2.64. The molecule has 2 aromatic carbocycles. The van der Waals surface area contributed by atoms with Crippen LogP contribution in [0.25, 0.3) is 5.70 Å². The lowest BCUT2D eigenvalue weighted by molar-refractivity contribution is -0.274. The summed E-state index contributed by atoms with van der Waals surface area (Å²) >= 11 is 0.890. The molecule has 0 aromatic heterocycles. The van der Waals surface area contributed by atoms with Gasteiger partial charge in [0.1, 0.15) is 29.9 Å². The molecule has 1 aliphatic heterocycles. The Bertz CT molecular complexity index is 1370. The third kappa shape index (κ3) is 9.70. The minimum atomic E-state index is -4.92. The van der Waals surface area contributed by atoms with Gasteiger partial charge in [0.05, 0.1) is 5.70 Å². The van der Waals surface area contributed by atoms with Crippen molar-refractivity contribution in [1.82, 2.24) is 5.32 Å².